The van der Waals surface area contributed by atoms with Crippen molar-refractivity contribution in [3.8, 4) is 0 Å². The van der Waals surface area contributed by atoms with E-state index < -0.39 is 0 Å². The minimum Gasteiger partial charge on any atom is -0.311 e. The second-order valence-electron chi connectivity index (χ2n) is 6.88. The van der Waals surface area contributed by atoms with E-state index in [9.17, 15) is 0 Å². The van der Waals surface area contributed by atoms with Crippen molar-refractivity contribution in [2.24, 2.45) is 5.41 Å². The molecule has 2 nitrogen and oxygen atoms in total. The quantitative estimate of drug-likeness (QED) is 0.899. The minimum atomic E-state index is 0.356. The second-order valence-corrected chi connectivity index (χ2v) is 6.88. The van der Waals surface area contributed by atoms with Crippen LogP contribution in [0.4, 0.5) is 0 Å². The summed E-state index contributed by atoms with van der Waals surface area (Å²) in [6.45, 7) is 12.8. The first-order valence-electron chi connectivity index (χ1n) is 7.48. The molecule has 1 N–H and O–H groups in total. The van der Waals surface area contributed by atoms with Gasteiger partial charge in [-0.3, -0.25) is 4.90 Å². The van der Waals surface area contributed by atoms with Crippen LogP contribution in [0, 0.1) is 5.41 Å². The highest BCUT2D eigenvalue weighted by Crippen LogP contribution is 2.25. The fourth-order valence-electron chi connectivity index (χ4n) is 2.79. The SMILES string of the molecule is CC(N1CCNC(Cc2ccccc2)C1)C(C)(C)C. The standard InChI is InChI=1S/C17H28N2/c1-14(17(2,3)4)19-11-10-18-16(13-19)12-15-8-6-5-7-9-15/h5-9,14,16,18H,10-13H2,1-4H3. The van der Waals surface area contributed by atoms with E-state index in [-0.39, 0.29) is 0 Å². The lowest BCUT2D eigenvalue weighted by molar-refractivity contribution is 0.0817. The summed E-state index contributed by atoms with van der Waals surface area (Å²) in [4.78, 5) is 2.64. The van der Waals surface area contributed by atoms with Gasteiger partial charge in [0.1, 0.15) is 0 Å². The Bertz CT molecular complexity index is 380. The molecule has 1 aliphatic rings. The van der Waals surface area contributed by atoms with Crippen LogP contribution < -0.4 is 5.32 Å². The molecule has 0 saturated carbocycles. The van der Waals surface area contributed by atoms with Gasteiger partial charge in [-0.1, -0.05) is 51.1 Å². The molecule has 2 heteroatoms. The number of piperazine rings is 1. The van der Waals surface area contributed by atoms with E-state index in [4.69, 9.17) is 0 Å². The third-order valence-corrected chi connectivity index (χ3v) is 4.41. The van der Waals surface area contributed by atoms with E-state index >= 15 is 0 Å². The zero-order valence-electron chi connectivity index (χ0n) is 12.8. The molecule has 0 amide bonds. The predicted octanol–water partition coefficient (Wildman–Crippen LogP) is 2.94. The lowest BCUT2D eigenvalue weighted by Gasteiger charge is -2.43. The zero-order valence-corrected chi connectivity index (χ0v) is 12.8. The summed E-state index contributed by atoms with van der Waals surface area (Å²) in [5, 5.41) is 3.66. The van der Waals surface area contributed by atoms with E-state index in [1.54, 1.807) is 0 Å². The molecule has 0 aromatic heterocycles. The fraction of sp³-hybridized carbons (Fsp3) is 0.647. The Morgan fingerprint density at radius 1 is 1.26 bits per heavy atom. The van der Waals surface area contributed by atoms with Gasteiger partial charge in [-0.2, -0.15) is 0 Å². The molecule has 1 fully saturated rings. The molecule has 1 aliphatic heterocycles. The zero-order chi connectivity index (χ0) is 13.9. The monoisotopic (exact) mass is 260 g/mol. The molecule has 2 unspecified atom stereocenters. The molecule has 1 saturated heterocycles. The smallest absolute Gasteiger partial charge is 0.0236 e. The molecule has 19 heavy (non-hydrogen) atoms. The second kappa shape index (κ2) is 6.06. The van der Waals surface area contributed by atoms with Gasteiger partial charge in [0.25, 0.3) is 0 Å². The molecule has 106 valence electrons. The fourth-order valence-corrected chi connectivity index (χ4v) is 2.79. The number of hydrogen-bond acceptors (Lipinski definition) is 2. The van der Waals surface area contributed by atoms with Crippen LogP contribution in [-0.2, 0) is 6.42 Å². The van der Waals surface area contributed by atoms with Gasteiger partial charge in [0, 0.05) is 31.7 Å². The lowest BCUT2D eigenvalue weighted by Crippen LogP contribution is -2.56. The highest BCUT2D eigenvalue weighted by molar-refractivity contribution is 5.16. The van der Waals surface area contributed by atoms with Crippen molar-refractivity contribution in [2.45, 2.75) is 46.2 Å². The van der Waals surface area contributed by atoms with Crippen LogP contribution >= 0.6 is 0 Å². The summed E-state index contributed by atoms with van der Waals surface area (Å²) in [7, 11) is 0. The number of nitrogens with one attached hydrogen (secondary N) is 1. The Morgan fingerprint density at radius 2 is 1.95 bits per heavy atom. The van der Waals surface area contributed by atoms with Gasteiger partial charge in [0.2, 0.25) is 0 Å². The van der Waals surface area contributed by atoms with Gasteiger partial charge in [-0.05, 0) is 24.3 Å². The third kappa shape index (κ3) is 4.05. The Morgan fingerprint density at radius 3 is 2.58 bits per heavy atom. The van der Waals surface area contributed by atoms with Gasteiger partial charge in [-0.25, -0.2) is 0 Å². The van der Waals surface area contributed by atoms with E-state index in [1.807, 2.05) is 0 Å². The summed E-state index contributed by atoms with van der Waals surface area (Å²) >= 11 is 0. The third-order valence-electron chi connectivity index (χ3n) is 4.41. The molecule has 1 heterocycles. The molecule has 2 atom stereocenters. The van der Waals surface area contributed by atoms with Crippen molar-refractivity contribution in [2.75, 3.05) is 19.6 Å². The van der Waals surface area contributed by atoms with Crippen molar-refractivity contribution in [3.05, 3.63) is 35.9 Å². The van der Waals surface area contributed by atoms with Gasteiger partial charge in [0.15, 0.2) is 0 Å². The Balaban J connectivity index is 1.94. The molecular formula is C17H28N2. The number of nitrogens with zero attached hydrogens (tertiary/aromatic N) is 1. The van der Waals surface area contributed by atoms with Crippen LogP contribution in [0.5, 0.6) is 0 Å². The summed E-state index contributed by atoms with van der Waals surface area (Å²) in [6, 6.07) is 12.0. The maximum atomic E-state index is 3.66. The summed E-state index contributed by atoms with van der Waals surface area (Å²) in [5.41, 5.74) is 1.79. The molecule has 0 aliphatic carbocycles. The average molecular weight is 260 g/mol. The Hall–Kier alpha value is -0.860. The van der Waals surface area contributed by atoms with Crippen LogP contribution in [-0.4, -0.2) is 36.6 Å². The highest BCUT2D eigenvalue weighted by Gasteiger charge is 2.29. The molecule has 0 radical (unpaired) electrons. The Kier molecular flexibility index (Phi) is 4.64. The van der Waals surface area contributed by atoms with E-state index in [2.05, 4.69) is 68.2 Å². The average Bonchev–Trinajstić information content (AvgIpc) is 2.38. The van der Waals surface area contributed by atoms with E-state index in [0.717, 1.165) is 19.5 Å². The highest BCUT2D eigenvalue weighted by atomic mass is 15.2. The van der Waals surface area contributed by atoms with Gasteiger partial charge in [0.05, 0.1) is 0 Å². The molecule has 2 rings (SSSR count). The number of hydrogen-bond donors (Lipinski definition) is 1. The number of rotatable bonds is 3. The van der Waals surface area contributed by atoms with Crippen LogP contribution in [0.3, 0.4) is 0 Å². The maximum Gasteiger partial charge on any atom is 0.0236 e. The molecule has 1 aromatic rings. The topological polar surface area (TPSA) is 15.3 Å². The minimum absolute atomic E-state index is 0.356. The van der Waals surface area contributed by atoms with Crippen molar-refractivity contribution >= 4 is 0 Å². The summed E-state index contributed by atoms with van der Waals surface area (Å²) in [5.74, 6) is 0. The molecule has 0 spiro atoms. The molecule has 0 bridgehead atoms. The van der Waals surface area contributed by atoms with Crippen molar-refractivity contribution < 1.29 is 0 Å². The van der Waals surface area contributed by atoms with E-state index in [1.165, 1.54) is 12.1 Å². The molecular weight excluding hydrogens is 232 g/mol. The van der Waals surface area contributed by atoms with Gasteiger partial charge < -0.3 is 5.32 Å². The first-order chi connectivity index (χ1) is 8.97. The van der Waals surface area contributed by atoms with Crippen molar-refractivity contribution in [1.82, 2.24) is 10.2 Å². The summed E-state index contributed by atoms with van der Waals surface area (Å²) < 4.78 is 0. The van der Waals surface area contributed by atoms with Crippen LogP contribution in [0.2, 0.25) is 0 Å². The van der Waals surface area contributed by atoms with E-state index in [0.29, 0.717) is 17.5 Å². The van der Waals surface area contributed by atoms with Crippen LogP contribution in [0.25, 0.3) is 0 Å². The maximum absolute atomic E-state index is 3.66. The number of benzene rings is 1. The predicted molar refractivity (Wildman–Crippen MR) is 82.4 cm³/mol. The molecule has 1 aromatic carbocycles. The normalized spacial score (nSPS) is 23.3. The Labute approximate surface area is 118 Å². The first kappa shape index (κ1) is 14.5. The lowest BCUT2D eigenvalue weighted by atomic mass is 9.86. The van der Waals surface area contributed by atoms with Crippen molar-refractivity contribution in [1.29, 1.82) is 0 Å². The van der Waals surface area contributed by atoms with Gasteiger partial charge in [-0.15, -0.1) is 0 Å². The van der Waals surface area contributed by atoms with Crippen molar-refractivity contribution in [3.63, 3.8) is 0 Å². The largest absolute Gasteiger partial charge is 0.311 e. The van der Waals surface area contributed by atoms with Crippen LogP contribution in [0.1, 0.15) is 33.3 Å². The van der Waals surface area contributed by atoms with Gasteiger partial charge >= 0.3 is 0 Å². The first-order valence-corrected chi connectivity index (χ1v) is 7.48. The summed E-state index contributed by atoms with van der Waals surface area (Å²) in [6.07, 6.45) is 1.13. The van der Waals surface area contributed by atoms with Crippen LogP contribution in [0.15, 0.2) is 30.3 Å².